The summed E-state index contributed by atoms with van der Waals surface area (Å²) >= 11 is 1.66. The van der Waals surface area contributed by atoms with Gasteiger partial charge >= 0.3 is 0 Å². The second-order valence-corrected chi connectivity index (χ2v) is 6.92. The van der Waals surface area contributed by atoms with Gasteiger partial charge in [-0.3, -0.25) is 9.47 Å². The van der Waals surface area contributed by atoms with E-state index < -0.39 is 0 Å². The molecule has 6 heteroatoms. The molecule has 0 aromatic carbocycles. The molecule has 0 bridgehead atoms. The smallest absolute Gasteiger partial charge is 0.193 e. The summed E-state index contributed by atoms with van der Waals surface area (Å²) in [7, 11) is 0. The van der Waals surface area contributed by atoms with Crippen molar-refractivity contribution in [3.8, 4) is 5.13 Å². The van der Waals surface area contributed by atoms with Crippen LogP contribution in [0.15, 0.2) is 34.4 Å². The molecule has 3 aromatic heterocycles. The quantitative estimate of drug-likeness (QED) is 0.729. The Bertz CT molecular complexity index is 770. The van der Waals surface area contributed by atoms with Crippen molar-refractivity contribution in [1.82, 2.24) is 19.6 Å². The van der Waals surface area contributed by atoms with Gasteiger partial charge in [0.05, 0.1) is 5.69 Å². The molecular weight excluding hydrogens is 308 g/mol. The molecule has 0 unspecified atom stereocenters. The van der Waals surface area contributed by atoms with E-state index in [1.165, 1.54) is 24.1 Å². The lowest BCUT2D eigenvalue weighted by Gasteiger charge is -2.24. The first-order valence-corrected chi connectivity index (χ1v) is 8.85. The Morgan fingerprint density at radius 3 is 3.04 bits per heavy atom. The highest BCUT2D eigenvalue weighted by molar-refractivity contribution is 7.12. The molecule has 23 heavy (non-hydrogen) atoms. The molecule has 3 aromatic rings. The third-order valence-corrected chi connectivity index (χ3v) is 5.38. The maximum absolute atomic E-state index is 5.38. The maximum atomic E-state index is 5.38. The van der Waals surface area contributed by atoms with Crippen LogP contribution in [0.5, 0.6) is 0 Å². The molecule has 1 aliphatic rings. The topological polar surface area (TPSA) is 47.1 Å². The van der Waals surface area contributed by atoms with Gasteiger partial charge in [0.15, 0.2) is 5.13 Å². The van der Waals surface area contributed by atoms with E-state index in [9.17, 15) is 0 Å². The molecule has 0 spiro atoms. The molecule has 1 aliphatic heterocycles. The Balaban J connectivity index is 1.61. The minimum absolute atomic E-state index is 0.404. The molecule has 0 amide bonds. The molecule has 0 N–H and O–H groups in total. The van der Waals surface area contributed by atoms with E-state index in [1.54, 1.807) is 11.3 Å². The highest BCUT2D eigenvalue weighted by Gasteiger charge is 2.31. The fourth-order valence-electron chi connectivity index (χ4n) is 3.58. The third-order valence-electron chi connectivity index (χ3n) is 4.61. The standard InChI is InChI=1S/C17H20N4OS/c1-12-16(13(2)22-19-12)15-6-4-8-20(15)11-14-5-3-9-21(14)17-18-7-10-23-17/h3,5,7,9-10,15H,4,6,8,11H2,1-2H3/t15-/m1/s1. The van der Waals surface area contributed by atoms with Crippen LogP contribution >= 0.6 is 11.3 Å². The van der Waals surface area contributed by atoms with E-state index in [2.05, 4.69) is 37.9 Å². The SMILES string of the molecule is Cc1noc(C)c1[C@H]1CCCN1Cc1cccn1-c1nccs1. The monoisotopic (exact) mass is 328 g/mol. The lowest BCUT2D eigenvalue weighted by molar-refractivity contribution is 0.241. The summed E-state index contributed by atoms with van der Waals surface area (Å²) in [5.41, 5.74) is 3.57. The van der Waals surface area contributed by atoms with Gasteiger partial charge in [-0.25, -0.2) is 4.98 Å². The van der Waals surface area contributed by atoms with Gasteiger partial charge in [-0.1, -0.05) is 5.16 Å². The van der Waals surface area contributed by atoms with Gasteiger partial charge in [0.25, 0.3) is 0 Å². The molecule has 4 heterocycles. The Kier molecular flexibility index (Phi) is 3.79. The van der Waals surface area contributed by atoms with E-state index >= 15 is 0 Å². The van der Waals surface area contributed by atoms with Crippen LogP contribution in [0.4, 0.5) is 0 Å². The third kappa shape index (κ3) is 2.62. The molecule has 0 aliphatic carbocycles. The normalized spacial score (nSPS) is 18.8. The largest absolute Gasteiger partial charge is 0.361 e. The minimum atomic E-state index is 0.404. The van der Waals surface area contributed by atoms with Crippen LogP contribution in [0, 0.1) is 13.8 Å². The zero-order valence-corrected chi connectivity index (χ0v) is 14.2. The van der Waals surface area contributed by atoms with Crippen molar-refractivity contribution in [3.63, 3.8) is 0 Å². The van der Waals surface area contributed by atoms with Crippen molar-refractivity contribution in [3.05, 3.63) is 52.6 Å². The van der Waals surface area contributed by atoms with Crippen LogP contribution in [0.3, 0.4) is 0 Å². The molecule has 1 saturated heterocycles. The number of aryl methyl sites for hydroxylation is 2. The van der Waals surface area contributed by atoms with Crippen molar-refractivity contribution in [2.45, 2.75) is 39.3 Å². The Labute approximate surface area is 139 Å². The average molecular weight is 328 g/mol. The molecular formula is C17H20N4OS. The van der Waals surface area contributed by atoms with E-state index in [0.717, 1.165) is 29.7 Å². The summed E-state index contributed by atoms with van der Waals surface area (Å²) in [5, 5.41) is 7.18. The Hall–Kier alpha value is -1.92. The van der Waals surface area contributed by atoms with Gasteiger partial charge in [-0.05, 0) is 45.4 Å². The van der Waals surface area contributed by atoms with E-state index in [1.807, 2.05) is 25.4 Å². The summed E-state index contributed by atoms with van der Waals surface area (Å²) in [6.45, 7) is 6.09. The predicted octanol–water partition coefficient (Wildman–Crippen LogP) is 3.88. The highest BCUT2D eigenvalue weighted by atomic mass is 32.1. The lowest BCUT2D eigenvalue weighted by atomic mass is 10.0. The number of hydrogen-bond donors (Lipinski definition) is 0. The molecule has 4 rings (SSSR count). The number of aromatic nitrogens is 3. The van der Waals surface area contributed by atoms with Gasteiger partial charge in [0, 0.05) is 41.6 Å². The summed E-state index contributed by atoms with van der Waals surface area (Å²) in [5.74, 6) is 0.953. The second-order valence-electron chi connectivity index (χ2n) is 6.05. The highest BCUT2D eigenvalue weighted by Crippen LogP contribution is 2.36. The first-order valence-electron chi connectivity index (χ1n) is 7.97. The van der Waals surface area contributed by atoms with E-state index in [-0.39, 0.29) is 0 Å². The van der Waals surface area contributed by atoms with Gasteiger partial charge in [0.1, 0.15) is 5.76 Å². The summed E-state index contributed by atoms with van der Waals surface area (Å²) < 4.78 is 7.57. The molecule has 5 nitrogen and oxygen atoms in total. The minimum Gasteiger partial charge on any atom is -0.361 e. The number of rotatable bonds is 4. The zero-order chi connectivity index (χ0) is 15.8. The fraction of sp³-hybridized carbons (Fsp3) is 0.412. The first kappa shape index (κ1) is 14.7. The molecule has 120 valence electrons. The van der Waals surface area contributed by atoms with Crippen molar-refractivity contribution in [2.24, 2.45) is 0 Å². The van der Waals surface area contributed by atoms with Crippen LogP contribution < -0.4 is 0 Å². The maximum Gasteiger partial charge on any atom is 0.193 e. The number of hydrogen-bond acceptors (Lipinski definition) is 5. The fourth-order valence-corrected chi connectivity index (χ4v) is 4.24. The summed E-state index contributed by atoms with van der Waals surface area (Å²) in [6.07, 6.45) is 6.33. The second kappa shape index (κ2) is 5.94. The van der Waals surface area contributed by atoms with Crippen molar-refractivity contribution in [1.29, 1.82) is 0 Å². The Morgan fingerprint density at radius 1 is 1.39 bits per heavy atom. The van der Waals surface area contributed by atoms with Crippen LogP contribution in [0.1, 0.15) is 41.6 Å². The van der Waals surface area contributed by atoms with Crippen molar-refractivity contribution in [2.75, 3.05) is 6.54 Å². The zero-order valence-electron chi connectivity index (χ0n) is 13.4. The number of thiazole rings is 1. The van der Waals surface area contributed by atoms with Gasteiger partial charge < -0.3 is 4.52 Å². The van der Waals surface area contributed by atoms with Gasteiger partial charge in [-0.15, -0.1) is 11.3 Å². The van der Waals surface area contributed by atoms with Gasteiger partial charge in [0.2, 0.25) is 0 Å². The van der Waals surface area contributed by atoms with E-state index in [4.69, 9.17) is 4.52 Å². The summed E-state index contributed by atoms with van der Waals surface area (Å²) in [6, 6.07) is 4.68. The number of likely N-dealkylation sites (tertiary alicyclic amines) is 1. The van der Waals surface area contributed by atoms with Crippen molar-refractivity contribution < 1.29 is 4.52 Å². The molecule has 1 fully saturated rings. The lowest BCUT2D eigenvalue weighted by Crippen LogP contribution is -2.24. The van der Waals surface area contributed by atoms with Crippen LogP contribution in [-0.2, 0) is 6.54 Å². The van der Waals surface area contributed by atoms with Gasteiger partial charge in [-0.2, -0.15) is 0 Å². The van der Waals surface area contributed by atoms with Crippen LogP contribution in [0.25, 0.3) is 5.13 Å². The van der Waals surface area contributed by atoms with Crippen molar-refractivity contribution >= 4 is 11.3 Å². The molecule has 0 saturated carbocycles. The molecule has 1 atom stereocenters. The van der Waals surface area contributed by atoms with Crippen LogP contribution in [-0.4, -0.2) is 26.2 Å². The predicted molar refractivity (Wildman–Crippen MR) is 89.8 cm³/mol. The Morgan fingerprint density at radius 2 is 2.30 bits per heavy atom. The first-order chi connectivity index (χ1) is 11.2. The average Bonchev–Trinajstić information content (AvgIpc) is 3.29. The molecule has 0 radical (unpaired) electrons. The number of nitrogens with zero attached hydrogens (tertiary/aromatic N) is 4. The summed E-state index contributed by atoms with van der Waals surface area (Å²) in [4.78, 5) is 6.96. The van der Waals surface area contributed by atoms with E-state index in [0.29, 0.717) is 6.04 Å². The van der Waals surface area contributed by atoms with Crippen LogP contribution in [0.2, 0.25) is 0 Å².